The number of hydrogen-bond donors (Lipinski definition) is 2. The average molecular weight is 462 g/mol. The summed E-state index contributed by atoms with van der Waals surface area (Å²) < 4.78 is 28.6. The van der Waals surface area contributed by atoms with Crippen molar-refractivity contribution < 1.29 is 23.5 Å². The minimum atomic E-state index is -2.90. The lowest BCUT2D eigenvalue weighted by Crippen LogP contribution is -2.29. The number of aromatic carboxylic acids is 1. The Hall–Kier alpha value is -3.26. The minimum absolute atomic E-state index is 0.126. The number of alkyl halides is 2. The first-order valence-corrected chi connectivity index (χ1v) is 10.2. The van der Waals surface area contributed by atoms with Crippen molar-refractivity contribution in [2.75, 3.05) is 0 Å². The summed E-state index contributed by atoms with van der Waals surface area (Å²) in [5.74, 6) is -1.74. The van der Waals surface area contributed by atoms with Crippen molar-refractivity contribution in [2.24, 2.45) is 7.05 Å². The number of carbonyl (C=O) groups is 2. The molecule has 0 unspecified atom stereocenters. The van der Waals surface area contributed by atoms with Crippen LogP contribution in [0.25, 0.3) is 0 Å². The number of benzene rings is 2. The molecule has 1 amide bonds. The van der Waals surface area contributed by atoms with Gasteiger partial charge in [-0.1, -0.05) is 29.8 Å². The molecule has 0 fully saturated rings. The van der Waals surface area contributed by atoms with Gasteiger partial charge in [0.15, 0.2) is 0 Å². The highest BCUT2D eigenvalue weighted by Gasteiger charge is 2.29. The Kier molecular flexibility index (Phi) is 6.93. The van der Waals surface area contributed by atoms with Crippen LogP contribution in [0, 0.1) is 6.92 Å². The quantitative estimate of drug-likeness (QED) is 0.512. The number of nitrogens with one attached hydrogen (secondary N) is 1. The monoisotopic (exact) mass is 461 g/mol. The number of aryl methyl sites for hydroxylation is 2. The zero-order valence-electron chi connectivity index (χ0n) is 17.7. The first-order chi connectivity index (χ1) is 15.1. The van der Waals surface area contributed by atoms with Crippen LogP contribution >= 0.6 is 11.6 Å². The minimum Gasteiger partial charge on any atom is -0.478 e. The summed E-state index contributed by atoms with van der Waals surface area (Å²) in [5.41, 5.74) is 1.78. The number of carboxylic acid groups (broad SMARTS) is 1. The van der Waals surface area contributed by atoms with Crippen molar-refractivity contribution in [3.8, 4) is 0 Å². The molecule has 0 aliphatic rings. The summed E-state index contributed by atoms with van der Waals surface area (Å²) >= 11 is 6.02. The SMILES string of the molecule is Cc1cc(C(=O)O)ccc1[C@H](C)NC(=O)c1c(Cc2cccc(Cl)c2)nn(C)c1C(F)F. The Morgan fingerprint density at radius 2 is 1.94 bits per heavy atom. The second kappa shape index (κ2) is 9.48. The van der Waals surface area contributed by atoms with Gasteiger partial charge in [-0.05, 0) is 54.8 Å². The van der Waals surface area contributed by atoms with Gasteiger partial charge in [0, 0.05) is 18.5 Å². The Bertz CT molecular complexity index is 1180. The predicted molar refractivity (Wildman–Crippen MR) is 116 cm³/mol. The Balaban J connectivity index is 1.93. The molecule has 3 aromatic rings. The summed E-state index contributed by atoms with van der Waals surface area (Å²) in [5, 5.41) is 16.5. The fourth-order valence-electron chi connectivity index (χ4n) is 3.70. The number of carbonyl (C=O) groups excluding carboxylic acids is 1. The normalized spacial score (nSPS) is 12.1. The summed E-state index contributed by atoms with van der Waals surface area (Å²) in [6.07, 6.45) is -2.74. The number of aromatic nitrogens is 2. The van der Waals surface area contributed by atoms with Gasteiger partial charge in [0.2, 0.25) is 0 Å². The Morgan fingerprint density at radius 3 is 2.53 bits per heavy atom. The molecule has 2 aromatic carbocycles. The van der Waals surface area contributed by atoms with Crippen LogP contribution in [0.1, 0.15) is 68.2 Å². The van der Waals surface area contributed by atoms with E-state index in [-0.39, 0.29) is 23.2 Å². The zero-order chi connectivity index (χ0) is 23.6. The first kappa shape index (κ1) is 23.4. The van der Waals surface area contributed by atoms with Gasteiger partial charge >= 0.3 is 5.97 Å². The number of hydrogen-bond acceptors (Lipinski definition) is 3. The lowest BCUT2D eigenvalue weighted by atomic mass is 9.99. The van der Waals surface area contributed by atoms with E-state index < -0.39 is 30.0 Å². The molecule has 1 aromatic heterocycles. The predicted octanol–water partition coefficient (Wildman–Crippen LogP) is 5.10. The average Bonchev–Trinajstić information content (AvgIpc) is 3.03. The molecule has 1 heterocycles. The van der Waals surface area contributed by atoms with Crippen LogP contribution in [0.2, 0.25) is 5.02 Å². The zero-order valence-corrected chi connectivity index (χ0v) is 18.5. The molecule has 9 heteroatoms. The van der Waals surface area contributed by atoms with Crippen molar-refractivity contribution in [3.05, 3.63) is 86.7 Å². The van der Waals surface area contributed by atoms with E-state index in [0.717, 1.165) is 10.2 Å². The van der Waals surface area contributed by atoms with Gasteiger partial charge < -0.3 is 10.4 Å². The van der Waals surface area contributed by atoms with E-state index in [1.165, 1.54) is 19.2 Å². The van der Waals surface area contributed by atoms with Gasteiger partial charge in [-0.2, -0.15) is 5.10 Å². The first-order valence-electron chi connectivity index (χ1n) is 9.81. The largest absolute Gasteiger partial charge is 0.478 e. The maximum Gasteiger partial charge on any atom is 0.335 e. The number of rotatable bonds is 7. The third-order valence-electron chi connectivity index (χ3n) is 5.19. The molecule has 0 saturated carbocycles. The number of nitrogens with zero attached hydrogens (tertiary/aromatic N) is 2. The van der Waals surface area contributed by atoms with Crippen LogP contribution < -0.4 is 5.32 Å². The maximum atomic E-state index is 13.8. The van der Waals surface area contributed by atoms with E-state index in [9.17, 15) is 18.4 Å². The van der Waals surface area contributed by atoms with Crippen LogP contribution in [0.3, 0.4) is 0 Å². The van der Waals surface area contributed by atoms with Crippen LogP contribution in [0.5, 0.6) is 0 Å². The van der Waals surface area contributed by atoms with Crippen LogP contribution in [-0.2, 0) is 13.5 Å². The Morgan fingerprint density at radius 1 is 1.22 bits per heavy atom. The smallest absolute Gasteiger partial charge is 0.335 e. The third kappa shape index (κ3) is 4.96. The fraction of sp³-hybridized carbons (Fsp3) is 0.261. The van der Waals surface area contributed by atoms with Crippen molar-refractivity contribution in [2.45, 2.75) is 32.7 Å². The lowest BCUT2D eigenvalue weighted by Gasteiger charge is -2.18. The van der Waals surface area contributed by atoms with Gasteiger partial charge in [-0.15, -0.1) is 0 Å². The van der Waals surface area contributed by atoms with Crippen molar-refractivity contribution >= 4 is 23.5 Å². The molecular weight excluding hydrogens is 440 g/mol. The molecule has 1 atom stereocenters. The van der Waals surface area contributed by atoms with Gasteiger partial charge in [0.1, 0.15) is 5.69 Å². The molecule has 0 radical (unpaired) electrons. The second-order valence-electron chi connectivity index (χ2n) is 7.51. The molecule has 168 valence electrons. The van der Waals surface area contributed by atoms with E-state index in [0.29, 0.717) is 16.1 Å². The van der Waals surface area contributed by atoms with E-state index in [4.69, 9.17) is 16.7 Å². The van der Waals surface area contributed by atoms with Gasteiger partial charge in [-0.3, -0.25) is 9.48 Å². The van der Waals surface area contributed by atoms with Crippen molar-refractivity contribution in [1.82, 2.24) is 15.1 Å². The van der Waals surface area contributed by atoms with Crippen molar-refractivity contribution in [3.63, 3.8) is 0 Å². The van der Waals surface area contributed by atoms with E-state index in [1.807, 2.05) is 0 Å². The molecule has 2 N–H and O–H groups in total. The molecule has 0 bridgehead atoms. The highest BCUT2D eigenvalue weighted by atomic mass is 35.5. The molecule has 0 aliphatic heterocycles. The van der Waals surface area contributed by atoms with Crippen LogP contribution in [0.15, 0.2) is 42.5 Å². The number of amides is 1. The van der Waals surface area contributed by atoms with Crippen LogP contribution in [0.4, 0.5) is 8.78 Å². The molecule has 0 saturated heterocycles. The molecular formula is C23H22ClF2N3O3. The highest BCUT2D eigenvalue weighted by molar-refractivity contribution is 6.30. The van der Waals surface area contributed by atoms with Gasteiger partial charge in [0.05, 0.1) is 22.9 Å². The molecule has 3 rings (SSSR count). The standard InChI is InChI=1S/C23H22ClF2N3O3/c1-12-9-15(23(31)32)7-8-17(12)13(2)27-22(30)19-18(28-29(3)20(19)21(25)26)11-14-5-4-6-16(24)10-14/h4-10,13,21H,11H2,1-3H3,(H,27,30)(H,31,32)/t13-/m0/s1. The lowest BCUT2D eigenvalue weighted by molar-refractivity contribution is 0.0696. The summed E-state index contributed by atoms with van der Waals surface area (Å²) in [6.45, 7) is 3.43. The highest BCUT2D eigenvalue weighted by Crippen LogP contribution is 2.28. The maximum absolute atomic E-state index is 13.8. The van der Waals surface area contributed by atoms with Gasteiger partial charge in [0.25, 0.3) is 12.3 Å². The topological polar surface area (TPSA) is 84.2 Å². The molecule has 0 spiro atoms. The molecule has 32 heavy (non-hydrogen) atoms. The summed E-state index contributed by atoms with van der Waals surface area (Å²) in [6, 6.07) is 10.9. The summed E-state index contributed by atoms with van der Waals surface area (Å²) in [7, 11) is 1.37. The van der Waals surface area contributed by atoms with Crippen LogP contribution in [-0.4, -0.2) is 26.8 Å². The number of halogens is 3. The second-order valence-corrected chi connectivity index (χ2v) is 7.95. The van der Waals surface area contributed by atoms with Gasteiger partial charge in [-0.25, -0.2) is 13.6 Å². The van der Waals surface area contributed by atoms with E-state index in [1.54, 1.807) is 44.2 Å². The van der Waals surface area contributed by atoms with E-state index >= 15 is 0 Å². The van der Waals surface area contributed by atoms with E-state index in [2.05, 4.69) is 10.4 Å². The van der Waals surface area contributed by atoms with Crippen molar-refractivity contribution in [1.29, 1.82) is 0 Å². The molecule has 6 nitrogen and oxygen atoms in total. The number of carboxylic acids is 1. The fourth-order valence-corrected chi connectivity index (χ4v) is 3.91. The molecule has 0 aliphatic carbocycles. The third-order valence-corrected chi connectivity index (χ3v) is 5.42. The summed E-state index contributed by atoms with van der Waals surface area (Å²) in [4.78, 5) is 24.3. The Labute approximate surface area is 188 Å².